The van der Waals surface area contributed by atoms with Crippen molar-refractivity contribution in [3.05, 3.63) is 58.4 Å². The van der Waals surface area contributed by atoms with Gasteiger partial charge >= 0.3 is 0 Å². The Morgan fingerprint density at radius 2 is 1.92 bits per heavy atom. The van der Waals surface area contributed by atoms with Crippen LogP contribution in [0, 0.1) is 0 Å². The van der Waals surface area contributed by atoms with E-state index < -0.39 is 0 Å². The van der Waals surface area contributed by atoms with Crippen LogP contribution in [-0.4, -0.2) is 16.8 Å². The van der Waals surface area contributed by atoms with Crippen molar-refractivity contribution in [3.63, 3.8) is 0 Å². The Balaban J connectivity index is 1.50. The van der Waals surface area contributed by atoms with Gasteiger partial charge in [-0.05, 0) is 29.1 Å². The van der Waals surface area contributed by atoms with Gasteiger partial charge in [0.05, 0.1) is 17.0 Å². The molecule has 3 rings (SSSR count). The van der Waals surface area contributed by atoms with E-state index in [4.69, 9.17) is 0 Å². The molecule has 7 heteroatoms. The average Bonchev–Trinajstić information content (AvgIpc) is 3.25. The number of nitrogens with zero attached hydrogens (tertiary/aromatic N) is 1. The first-order valence-electron chi connectivity index (χ1n) is 7.71. The fourth-order valence-corrected chi connectivity index (χ4v) is 3.87. The number of anilines is 1. The number of nitrogens with one attached hydrogen (secondary N) is 2. The molecule has 0 saturated heterocycles. The highest BCUT2D eigenvalue weighted by Crippen LogP contribution is 2.27. The van der Waals surface area contributed by atoms with Crippen molar-refractivity contribution in [1.82, 2.24) is 10.3 Å². The summed E-state index contributed by atoms with van der Waals surface area (Å²) in [5.41, 5.74) is 2.50. The number of benzene rings is 1. The molecule has 0 unspecified atom stereocenters. The van der Waals surface area contributed by atoms with Crippen molar-refractivity contribution in [3.8, 4) is 9.88 Å². The molecular weight excluding hydrogens is 354 g/mol. The van der Waals surface area contributed by atoms with Crippen LogP contribution in [0.1, 0.15) is 18.2 Å². The number of amides is 2. The minimum Gasteiger partial charge on any atom is -0.352 e. The zero-order chi connectivity index (χ0) is 17.6. The van der Waals surface area contributed by atoms with Gasteiger partial charge in [-0.1, -0.05) is 18.2 Å². The highest BCUT2D eigenvalue weighted by atomic mass is 32.1. The molecule has 0 aliphatic rings. The van der Waals surface area contributed by atoms with E-state index in [0.717, 1.165) is 26.8 Å². The quantitative estimate of drug-likeness (QED) is 0.694. The Bertz CT molecular complexity index is 855. The van der Waals surface area contributed by atoms with Crippen molar-refractivity contribution in [2.24, 2.45) is 0 Å². The summed E-state index contributed by atoms with van der Waals surface area (Å²) < 4.78 is 0. The van der Waals surface area contributed by atoms with E-state index in [1.165, 1.54) is 6.92 Å². The van der Waals surface area contributed by atoms with Crippen molar-refractivity contribution in [1.29, 1.82) is 0 Å². The minimum atomic E-state index is -0.105. The molecule has 5 nitrogen and oxygen atoms in total. The second-order valence-electron chi connectivity index (χ2n) is 5.45. The van der Waals surface area contributed by atoms with Gasteiger partial charge in [-0.15, -0.1) is 22.7 Å². The molecule has 2 aromatic heterocycles. The lowest BCUT2D eigenvalue weighted by atomic mass is 10.2. The van der Waals surface area contributed by atoms with Crippen molar-refractivity contribution in [2.75, 3.05) is 5.32 Å². The monoisotopic (exact) mass is 371 g/mol. The highest BCUT2D eigenvalue weighted by Gasteiger charge is 2.09. The smallest absolute Gasteiger partial charge is 0.226 e. The van der Waals surface area contributed by atoms with Crippen LogP contribution in [0.2, 0.25) is 0 Å². The number of aromatic nitrogens is 1. The Morgan fingerprint density at radius 1 is 1.12 bits per heavy atom. The second-order valence-corrected chi connectivity index (χ2v) is 7.26. The maximum atomic E-state index is 12.1. The van der Waals surface area contributed by atoms with Crippen LogP contribution >= 0.6 is 22.7 Å². The van der Waals surface area contributed by atoms with E-state index in [0.29, 0.717) is 6.54 Å². The molecule has 0 saturated carbocycles. The summed E-state index contributed by atoms with van der Waals surface area (Å²) in [4.78, 5) is 28.7. The van der Waals surface area contributed by atoms with Gasteiger partial charge in [-0.2, -0.15) is 0 Å². The Morgan fingerprint density at radius 3 is 2.60 bits per heavy atom. The Labute approximate surface area is 153 Å². The number of rotatable bonds is 6. The number of hydrogen-bond donors (Lipinski definition) is 2. The van der Waals surface area contributed by atoms with E-state index in [1.54, 1.807) is 22.7 Å². The summed E-state index contributed by atoms with van der Waals surface area (Å²) in [5, 5.41) is 10.5. The van der Waals surface area contributed by atoms with Crippen LogP contribution < -0.4 is 10.6 Å². The Hall–Kier alpha value is -2.51. The standard InChI is InChI=1S/C18H17N3O2S2/c1-12(22)20-14-6-4-13(5-7-14)10-19-17(23)9-15-11-25-18(21-15)16-3-2-8-24-16/h2-8,11H,9-10H2,1H3,(H,19,23)(H,20,22). The van der Waals surface area contributed by atoms with E-state index >= 15 is 0 Å². The fraction of sp³-hybridized carbons (Fsp3) is 0.167. The summed E-state index contributed by atoms with van der Waals surface area (Å²) in [7, 11) is 0. The van der Waals surface area contributed by atoms with Crippen molar-refractivity contribution >= 4 is 40.2 Å². The lowest BCUT2D eigenvalue weighted by Gasteiger charge is -2.06. The van der Waals surface area contributed by atoms with Crippen molar-refractivity contribution in [2.45, 2.75) is 19.9 Å². The fourth-order valence-electron chi connectivity index (χ4n) is 2.24. The zero-order valence-electron chi connectivity index (χ0n) is 13.6. The van der Waals surface area contributed by atoms with Gasteiger partial charge < -0.3 is 10.6 Å². The molecular formula is C18H17N3O2S2. The van der Waals surface area contributed by atoms with E-state index in [2.05, 4.69) is 15.6 Å². The summed E-state index contributed by atoms with van der Waals surface area (Å²) >= 11 is 3.20. The van der Waals surface area contributed by atoms with E-state index in [-0.39, 0.29) is 18.2 Å². The normalized spacial score (nSPS) is 10.4. The molecule has 0 fully saturated rings. The van der Waals surface area contributed by atoms with Gasteiger partial charge in [0.15, 0.2) is 0 Å². The molecule has 1 aromatic carbocycles. The third-order valence-corrected chi connectivity index (χ3v) is 5.32. The van der Waals surface area contributed by atoms with Crippen LogP contribution in [0.25, 0.3) is 9.88 Å². The van der Waals surface area contributed by atoms with Crippen LogP contribution in [-0.2, 0) is 22.6 Å². The summed E-state index contributed by atoms with van der Waals surface area (Å²) in [6.45, 7) is 1.91. The highest BCUT2D eigenvalue weighted by molar-refractivity contribution is 7.20. The molecule has 0 bridgehead atoms. The maximum Gasteiger partial charge on any atom is 0.226 e. The number of carbonyl (C=O) groups excluding carboxylic acids is 2. The topological polar surface area (TPSA) is 71.1 Å². The molecule has 128 valence electrons. The van der Waals surface area contributed by atoms with Gasteiger partial charge in [0.1, 0.15) is 5.01 Å². The summed E-state index contributed by atoms with van der Waals surface area (Å²) in [6.07, 6.45) is 0.270. The number of thiazole rings is 1. The zero-order valence-corrected chi connectivity index (χ0v) is 15.2. The molecule has 2 heterocycles. The van der Waals surface area contributed by atoms with Gasteiger partial charge in [-0.25, -0.2) is 4.98 Å². The van der Waals surface area contributed by atoms with Gasteiger partial charge in [0.25, 0.3) is 0 Å². The molecule has 2 N–H and O–H groups in total. The van der Waals surface area contributed by atoms with Gasteiger partial charge in [-0.3, -0.25) is 9.59 Å². The first-order valence-corrected chi connectivity index (χ1v) is 9.47. The van der Waals surface area contributed by atoms with E-state index in [1.807, 2.05) is 47.2 Å². The molecule has 25 heavy (non-hydrogen) atoms. The lowest BCUT2D eigenvalue weighted by molar-refractivity contribution is -0.120. The predicted octanol–water partition coefficient (Wildman–Crippen LogP) is 3.69. The number of thiophene rings is 1. The molecule has 0 aliphatic heterocycles. The largest absolute Gasteiger partial charge is 0.352 e. The third-order valence-electron chi connectivity index (χ3n) is 3.39. The van der Waals surface area contributed by atoms with Crippen LogP contribution in [0.15, 0.2) is 47.2 Å². The first-order chi connectivity index (χ1) is 12.1. The maximum absolute atomic E-state index is 12.1. The summed E-state index contributed by atoms with van der Waals surface area (Å²) in [6, 6.07) is 11.4. The van der Waals surface area contributed by atoms with Crippen molar-refractivity contribution < 1.29 is 9.59 Å². The molecule has 0 atom stereocenters. The predicted molar refractivity (Wildman–Crippen MR) is 102 cm³/mol. The minimum absolute atomic E-state index is 0.0611. The molecule has 0 spiro atoms. The lowest BCUT2D eigenvalue weighted by Crippen LogP contribution is -2.24. The molecule has 3 aromatic rings. The van der Waals surface area contributed by atoms with Gasteiger partial charge in [0, 0.05) is 24.5 Å². The Kier molecular flexibility index (Phi) is 5.57. The van der Waals surface area contributed by atoms with Crippen LogP contribution in [0.5, 0.6) is 0 Å². The second kappa shape index (κ2) is 8.04. The molecule has 0 aliphatic carbocycles. The van der Waals surface area contributed by atoms with E-state index in [9.17, 15) is 9.59 Å². The summed E-state index contributed by atoms with van der Waals surface area (Å²) in [5.74, 6) is -0.166. The first kappa shape index (κ1) is 17.3. The molecule has 2 amide bonds. The number of carbonyl (C=O) groups is 2. The average molecular weight is 371 g/mol. The SMILES string of the molecule is CC(=O)Nc1ccc(CNC(=O)Cc2csc(-c3cccs3)n2)cc1. The third kappa shape index (κ3) is 4.98. The van der Waals surface area contributed by atoms with Crippen LogP contribution in [0.4, 0.5) is 5.69 Å². The number of hydrogen-bond acceptors (Lipinski definition) is 5. The van der Waals surface area contributed by atoms with Gasteiger partial charge in [0.2, 0.25) is 11.8 Å². The van der Waals surface area contributed by atoms with Crippen LogP contribution in [0.3, 0.4) is 0 Å². The molecule has 0 radical (unpaired) electrons.